The van der Waals surface area contributed by atoms with Gasteiger partial charge in [0.15, 0.2) is 5.17 Å². The standard InChI is InChI=1S/C14H26N2S/c1-11-3-5-13(6-4-11)7-8-15-14-16-9-12(2)10-17-14/h11-13H,3-10H2,1-2H3,(H,15,16). The number of nitrogens with one attached hydrogen (secondary N) is 1. The lowest BCUT2D eigenvalue weighted by molar-refractivity contribution is 0.278. The Bertz CT molecular complexity index is 257. The second-order valence-electron chi connectivity index (χ2n) is 5.90. The number of nitrogens with zero attached hydrogens (tertiary/aromatic N) is 1. The zero-order valence-electron chi connectivity index (χ0n) is 11.2. The van der Waals surface area contributed by atoms with Gasteiger partial charge in [0.2, 0.25) is 0 Å². The molecule has 1 heterocycles. The SMILES string of the molecule is CC1CCC(CCNC2=NCC(C)CS2)CC1. The van der Waals surface area contributed by atoms with E-state index in [0.29, 0.717) is 0 Å². The summed E-state index contributed by atoms with van der Waals surface area (Å²) < 4.78 is 0. The molecule has 0 saturated heterocycles. The minimum Gasteiger partial charge on any atom is -0.365 e. The van der Waals surface area contributed by atoms with Gasteiger partial charge in [0.05, 0.1) is 0 Å². The molecule has 3 heteroatoms. The van der Waals surface area contributed by atoms with Gasteiger partial charge in [-0.25, -0.2) is 0 Å². The molecule has 1 aliphatic heterocycles. The molecule has 1 unspecified atom stereocenters. The lowest BCUT2D eigenvalue weighted by Crippen LogP contribution is -2.28. The van der Waals surface area contributed by atoms with Gasteiger partial charge in [-0.2, -0.15) is 0 Å². The van der Waals surface area contributed by atoms with Gasteiger partial charge in [-0.3, -0.25) is 4.99 Å². The largest absolute Gasteiger partial charge is 0.365 e. The average molecular weight is 254 g/mol. The summed E-state index contributed by atoms with van der Waals surface area (Å²) in [6.45, 7) is 6.80. The van der Waals surface area contributed by atoms with Crippen LogP contribution < -0.4 is 5.32 Å². The Labute approximate surface area is 110 Å². The maximum atomic E-state index is 4.57. The Morgan fingerprint density at radius 3 is 2.59 bits per heavy atom. The zero-order valence-corrected chi connectivity index (χ0v) is 12.1. The molecule has 0 aromatic carbocycles. The van der Waals surface area contributed by atoms with Crippen LogP contribution in [0.15, 0.2) is 4.99 Å². The first-order valence-corrected chi connectivity index (χ1v) is 8.13. The number of rotatable bonds is 3. The van der Waals surface area contributed by atoms with Crippen LogP contribution in [0.1, 0.15) is 46.0 Å². The molecule has 17 heavy (non-hydrogen) atoms. The first kappa shape index (κ1) is 13.3. The van der Waals surface area contributed by atoms with Crippen molar-refractivity contribution in [2.45, 2.75) is 46.0 Å². The Balaban J connectivity index is 1.60. The zero-order chi connectivity index (χ0) is 12.1. The van der Waals surface area contributed by atoms with Crippen LogP contribution in [0, 0.1) is 17.8 Å². The van der Waals surface area contributed by atoms with Gasteiger partial charge in [-0.1, -0.05) is 51.3 Å². The summed E-state index contributed by atoms with van der Waals surface area (Å²) in [4.78, 5) is 4.57. The monoisotopic (exact) mass is 254 g/mol. The van der Waals surface area contributed by atoms with Gasteiger partial charge >= 0.3 is 0 Å². The minimum absolute atomic E-state index is 0.755. The maximum absolute atomic E-state index is 4.57. The van der Waals surface area contributed by atoms with Crippen LogP contribution in [-0.4, -0.2) is 24.0 Å². The molecule has 2 nitrogen and oxygen atoms in total. The summed E-state index contributed by atoms with van der Waals surface area (Å²) in [6, 6.07) is 0. The fraction of sp³-hybridized carbons (Fsp3) is 0.929. The van der Waals surface area contributed by atoms with Crippen LogP contribution in [0.4, 0.5) is 0 Å². The lowest BCUT2D eigenvalue weighted by Gasteiger charge is -2.26. The molecule has 2 aliphatic rings. The molecular weight excluding hydrogens is 228 g/mol. The van der Waals surface area contributed by atoms with E-state index in [1.807, 2.05) is 11.8 Å². The first-order chi connectivity index (χ1) is 8.24. The Hall–Kier alpha value is -0.180. The van der Waals surface area contributed by atoms with Crippen molar-refractivity contribution >= 4 is 16.9 Å². The number of hydrogen-bond acceptors (Lipinski definition) is 3. The maximum Gasteiger partial charge on any atom is 0.156 e. The molecule has 0 bridgehead atoms. The first-order valence-electron chi connectivity index (χ1n) is 7.15. The number of thioether (sulfide) groups is 1. The fourth-order valence-corrected chi connectivity index (χ4v) is 3.58. The van der Waals surface area contributed by atoms with Crippen LogP contribution in [0.3, 0.4) is 0 Å². The van der Waals surface area contributed by atoms with E-state index in [0.717, 1.165) is 30.8 Å². The Kier molecular flexibility index (Phi) is 5.20. The minimum atomic E-state index is 0.755. The van der Waals surface area contributed by atoms with Crippen molar-refractivity contribution in [1.29, 1.82) is 0 Å². The van der Waals surface area contributed by atoms with Crippen LogP contribution >= 0.6 is 11.8 Å². The van der Waals surface area contributed by atoms with E-state index in [1.165, 1.54) is 43.0 Å². The van der Waals surface area contributed by atoms with Crippen LogP contribution in [-0.2, 0) is 0 Å². The second kappa shape index (κ2) is 6.67. The average Bonchev–Trinajstić information content (AvgIpc) is 2.34. The topological polar surface area (TPSA) is 24.4 Å². The van der Waals surface area contributed by atoms with E-state index in [9.17, 15) is 0 Å². The van der Waals surface area contributed by atoms with Crippen molar-refractivity contribution in [2.75, 3.05) is 18.8 Å². The molecule has 1 fully saturated rings. The molecule has 2 rings (SSSR count). The second-order valence-corrected chi connectivity index (χ2v) is 6.91. The highest BCUT2D eigenvalue weighted by atomic mass is 32.2. The summed E-state index contributed by atoms with van der Waals surface area (Å²) in [5, 5.41) is 4.70. The molecule has 0 aromatic rings. The number of amidine groups is 1. The molecule has 1 aliphatic carbocycles. The van der Waals surface area contributed by atoms with Crippen molar-refractivity contribution < 1.29 is 0 Å². The molecule has 1 atom stereocenters. The van der Waals surface area contributed by atoms with Crippen molar-refractivity contribution in [3.8, 4) is 0 Å². The highest BCUT2D eigenvalue weighted by Crippen LogP contribution is 2.30. The normalized spacial score (nSPS) is 34.2. The van der Waals surface area contributed by atoms with Crippen molar-refractivity contribution in [2.24, 2.45) is 22.7 Å². The summed E-state index contributed by atoms with van der Waals surface area (Å²) >= 11 is 1.90. The fourth-order valence-electron chi connectivity index (χ4n) is 2.67. The summed E-state index contributed by atoms with van der Waals surface area (Å²) in [6.07, 6.45) is 7.11. The summed E-state index contributed by atoms with van der Waals surface area (Å²) in [5.41, 5.74) is 0. The van der Waals surface area contributed by atoms with Gasteiger partial charge in [-0.05, 0) is 24.2 Å². The third-order valence-corrected chi connectivity index (χ3v) is 5.30. The van der Waals surface area contributed by atoms with E-state index in [1.54, 1.807) is 0 Å². The molecule has 98 valence electrons. The number of aliphatic imine (C=N–C) groups is 1. The molecule has 0 spiro atoms. The van der Waals surface area contributed by atoms with E-state index in [-0.39, 0.29) is 0 Å². The van der Waals surface area contributed by atoms with E-state index < -0.39 is 0 Å². The van der Waals surface area contributed by atoms with E-state index in [2.05, 4.69) is 24.2 Å². The quantitative estimate of drug-likeness (QED) is 0.833. The van der Waals surface area contributed by atoms with E-state index >= 15 is 0 Å². The number of hydrogen-bond donors (Lipinski definition) is 1. The van der Waals surface area contributed by atoms with Crippen LogP contribution in [0.2, 0.25) is 0 Å². The lowest BCUT2D eigenvalue weighted by atomic mass is 9.81. The molecule has 0 amide bonds. The Morgan fingerprint density at radius 2 is 1.94 bits per heavy atom. The van der Waals surface area contributed by atoms with Crippen molar-refractivity contribution in [3.63, 3.8) is 0 Å². The molecule has 0 aromatic heterocycles. The van der Waals surface area contributed by atoms with Crippen molar-refractivity contribution in [1.82, 2.24) is 5.32 Å². The van der Waals surface area contributed by atoms with Crippen molar-refractivity contribution in [3.05, 3.63) is 0 Å². The molecular formula is C14H26N2S. The van der Waals surface area contributed by atoms with Crippen LogP contribution in [0.5, 0.6) is 0 Å². The highest BCUT2D eigenvalue weighted by Gasteiger charge is 2.18. The molecule has 1 N–H and O–H groups in total. The predicted octanol–water partition coefficient (Wildman–Crippen LogP) is 3.53. The third-order valence-electron chi connectivity index (χ3n) is 4.02. The summed E-state index contributed by atoms with van der Waals surface area (Å²) in [7, 11) is 0. The highest BCUT2D eigenvalue weighted by molar-refractivity contribution is 8.13. The van der Waals surface area contributed by atoms with Gasteiger partial charge in [0.25, 0.3) is 0 Å². The third kappa shape index (κ3) is 4.53. The van der Waals surface area contributed by atoms with Gasteiger partial charge < -0.3 is 5.32 Å². The Morgan fingerprint density at radius 1 is 1.18 bits per heavy atom. The molecule has 0 radical (unpaired) electrons. The predicted molar refractivity (Wildman–Crippen MR) is 77.7 cm³/mol. The molecule has 1 saturated carbocycles. The van der Waals surface area contributed by atoms with Gasteiger partial charge in [0.1, 0.15) is 0 Å². The van der Waals surface area contributed by atoms with Gasteiger partial charge in [-0.15, -0.1) is 0 Å². The van der Waals surface area contributed by atoms with E-state index in [4.69, 9.17) is 0 Å². The summed E-state index contributed by atoms with van der Waals surface area (Å²) in [5.74, 6) is 3.92. The van der Waals surface area contributed by atoms with Gasteiger partial charge in [0, 0.05) is 18.8 Å². The van der Waals surface area contributed by atoms with Crippen LogP contribution in [0.25, 0.3) is 0 Å². The smallest absolute Gasteiger partial charge is 0.156 e.